The van der Waals surface area contributed by atoms with Crippen molar-refractivity contribution in [1.29, 1.82) is 0 Å². The highest BCUT2D eigenvalue weighted by molar-refractivity contribution is 5.89. The van der Waals surface area contributed by atoms with Crippen LogP contribution in [-0.4, -0.2) is 79.5 Å². The van der Waals surface area contributed by atoms with Crippen molar-refractivity contribution in [3.8, 4) is 0 Å². The van der Waals surface area contributed by atoms with Crippen LogP contribution in [0.15, 0.2) is 0 Å². The van der Waals surface area contributed by atoms with E-state index in [4.69, 9.17) is 4.74 Å². The summed E-state index contributed by atoms with van der Waals surface area (Å²) in [7, 11) is 2.35. The van der Waals surface area contributed by atoms with E-state index in [0.29, 0.717) is 0 Å². The Labute approximate surface area is 140 Å². The van der Waals surface area contributed by atoms with Gasteiger partial charge in [-0.3, -0.25) is 9.69 Å². The lowest BCUT2D eigenvalue weighted by Gasteiger charge is -2.24. The maximum Gasteiger partial charge on any atom is 0.411 e. The molecule has 0 aliphatic carbocycles. The second-order valence-corrected chi connectivity index (χ2v) is 6.09. The zero-order valence-electron chi connectivity index (χ0n) is 14.5. The smallest absolute Gasteiger partial charge is 0.411 e. The van der Waals surface area contributed by atoms with Crippen LogP contribution in [0.25, 0.3) is 0 Å². The second-order valence-electron chi connectivity index (χ2n) is 6.09. The van der Waals surface area contributed by atoms with E-state index < -0.39 is 35.7 Å². The zero-order valence-corrected chi connectivity index (χ0v) is 14.5. The van der Waals surface area contributed by atoms with Gasteiger partial charge in [-0.2, -0.15) is 0 Å². The molecule has 0 saturated carbocycles. The lowest BCUT2D eigenvalue weighted by atomic mass is 10.2. The summed E-state index contributed by atoms with van der Waals surface area (Å²) in [5.41, 5.74) is -0.707. The number of nitrogens with one attached hydrogen (secondary N) is 1. The first kappa shape index (κ1) is 19.5. The normalized spacial score (nSPS) is 17.3. The van der Waals surface area contributed by atoms with Gasteiger partial charge in [0.25, 0.3) is 0 Å². The SMILES string of the molecule is COC(=O)NCC(=O)N1CN(C(=O)OC(C)(C)C)CC1C(=O)OC. The summed E-state index contributed by atoms with van der Waals surface area (Å²) in [4.78, 5) is 49.6. The van der Waals surface area contributed by atoms with Gasteiger partial charge in [-0.15, -0.1) is 0 Å². The van der Waals surface area contributed by atoms with Crippen LogP contribution in [-0.2, 0) is 23.8 Å². The molecule has 10 heteroatoms. The number of amides is 3. The predicted molar refractivity (Wildman–Crippen MR) is 80.9 cm³/mol. The summed E-state index contributed by atoms with van der Waals surface area (Å²) in [5.74, 6) is -1.21. The monoisotopic (exact) mass is 345 g/mol. The van der Waals surface area contributed by atoms with Crippen LogP contribution in [0.5, 0.6) is 0 Å². The Bertz CT molecular complexity index is 515. The highest BCUT2D eigenvalue weighted by atomic mass is 16.6. The largest absolute Gasteiger partial charge is 0.467 e. The third-order valence-corrected chi connectivity index (χ3v) is 3.11. The standard InChI is InChI=1S/C14H23N3O7/c1-14(2,3)24-13(21)16-7-9(11(19)22-4)17(8-16)10(18)6-15-12(20)23-5/h9H,6-8H2,1-5H3,(H,15,20). The van der Waals surface area contributed by atoms with Crippen LogP contribution in [0, 0.1) is 0 Å². The lowest BCUT2D eigenvalue weighted by Crippen LogP contribution is -2.46. The van der Waals surface area contributed by atoms with Crippen LogP contribution < -0.4 is 5.32 Å². The molecule has 0 aromatic carbocycles. The van der Waals surface area contributed by atoms with E-state index in [-0.39, 0.29) is 19.8 Å². The highest BCUT2D eigenvalue weighted by Gasteiger charge is 2.42. The molecule has 0 spiro atoms. The Kier molecular flexibility index (Phi) is 6.38. The molecule has 0 bridgehead atoms. The number of hydrogen-bond acceptors (Lipinski definition) is 7. The van der Waals surface area contributed by atoms with Crippen LogP contribution in [0.1, 0.15) is 20.8 Å². The second kappa shape index (κ2) is 7.84. The van der Waals surface area contributed by atoms with E-state index in [1.807, 2.05) is 0 Å². The van der Waals surface area contributed by atoms with E-state index >= 15 is 0 Å². The molecule has 1 N–H and O–H groups in total. The molecule has 1 rings (SSSR count). The molecule has 0 aromatic heterocycles. The molecule has 1 saturated heterocycles. The molecular formula is C14H23N3O7. The van der Waals surface area contributed by atoms with E-state index in [1.165, 1.54) is 12.0 Å². The van der Waals surface area contributed by atoms with Crippen molar-refractivity contribution in [2.24, 2.45) is 0 Å². The van der Waals surface area contributed by atoms with Crippen LogP contribution in [0.2, 0.25) is 0 Å². The van der Waals surface area contributed by atoms with Crippen LogP contribution in [0.3, 0.4) is 0 Å². The molecular weight excluding hydrogens is 322 g/mol. The van der Waals surface area contributed by atoms with Gasteiger partial charge in [0.05, 0.1) is 20.8 Å². The van der Waals surface area contributed by atoms with Crippen molar-refractivity contribution in [2.75, 3.05) is 34.0 Å². The first-order valence-electron chi connectivity index (χ1n) is 7.26. The third kappa shape index (κ3) is 5.28. The minimum atomic E-state index is -0.963. The molecule has 0 radical (unpaired) electrons. The lowest BCUT2D eigenvalue weighted by molar-refractivity contribution is -0.150. The molecule has 1 atom stereocenters. The number of carbonyl (C=O) groups is 4. The predicted octanol–water partition coefficient (Wildman–Crippen LogP) is -0.0792. The van der Waals surface area contributed by atoms with E-state index in [0.717, 1.165) is 12.0 Å². The van der Waals surface area contributed by atoms with Gasteiger partial charge in [-0.1, -0.05) is 0 Å². The molecule has 1 aliphatic heterocycles. The minimum Gasteiger partial charge on any atom is -0.467 e. The molecule has 1 heterocycles. The number of carbonyl (C=O) groups excluding carboxylic acids is 4. The minimum absolute atomic E-state index is 0.0500. The Hall–Kier alpha value is -2.52. The van der Waals surface area contributed by atoms with Crippen molar-refractivity contribution in [2.45, 2.75) is 32.4 Å². The van der Waals surface area contributed by atoms with Crippen LogP contribution >= 0.6 is 0 Å². The first-order valence-corrected chi connectivity index (χ1v) is 7.26. The average Bonchev–Trinajstić information content (AvgIpc) is 2.95. The van der Waals surface area contributed by atoms with E-state index in [1.54, 1.807) is 20.8 Å². The Balaban J connectivity index is 2.80. The molecule has 0 aromatic rings. The van der Waals surface area contributed by atoms with Gasteiger partial charge in [-0.05, 0) is 20.8 Å². The maximum atomic E-state index is 12.2. The maximum absolute atomic E-state index is 12.2. The fraction of sp³-hybridized carbons (Fsp3) is 0.714. The average molecular weight is 345 g/mol. The molecule has 1 aliphatic rings. The van der Waals surface area contributed by atoms with Crippen molar-refractivity contribution in [3.63, 3.8) is 0 Å². The summed E-state index contributed by atoms with van der Waals surface area (Å²) in [6, 6.07) is -0.963. The quantitative estimate of drug-likeness (QED) is 0.562. The first-order chi connectivity index (χ1) is 11.1. The van der Waals surface area contributed by atoms with Gasteiger partial charge in [0.2, 0.25) is 5.91 Å². The third-order valence-electron chi connectivity index (χ3n) is 3.11. The summed E-state index contributed by atoms with van der Waals surface area (Å²) in [5, 5.41) is 2.23. The highest BCUT2D eigenvalue weighted by Crippen LogP contribution is 2.18. The molecule has 136 valence electrons. The number of hydrogen-bond donors (Lipinski definition) is 1. The molecule has 1 unspecified atom stereocenters. The van der Waals surface area contributed by atoms with E-state index in [2.05, 4.69) is 14.8 Å². The number of alkyl carbamates (subject to hydrolysis) is 1. The van der Waals surface area contributed by atoms with Gasteiger partial charge in [0, 0.05) is 0 Å². The summed E-state index contributed by atoms with van der Waals surface area (Å²) >= 11 is 0. The number of nitrogens with zero attached hydrogens (tertiary/aromatic N) is 2. The number of ether oxygens (including phenoxy) is 3. The number of methoxy groups -OCH3 is 2. The van der Waals surface area contributed by atoms with Crippen LogP contribution in [0.4, 0.5) is 9.59 Å². The van der Waals surface area contributed by atoms with Gasteiger partial charge in [0.15, 0.2) is 0 Å². The fourth-order valence-corrected chi connectivity index (χ4v) is 2.02. The number of rotatable bonds is 3. The van der Waals surface area contributed by atoms with Crippen molar-refractivity contribution in [1.82, 2.24) is 15.1 Å². The van der Waals surface area contributed by atoms with Crippen molar-refractivity contribution >= 4 is 24.1 Å². The Morgan fingerprint density at radius 1 is 1.12 bits per heavy atom. The molecule has 10 nitrogen and oxygen atoms in total. The topological polar surface area (TPSA) is 114 Å². The number of esters is 1. The zero-order chi connectivity index (χ0) is 18.5. The fourth-order valence-electron chi connectivity index (χ4n) is 2.02. The van der Waals surface area contributed by atoms with Crippen molar-refractivity contribution < 1.29 is 33.4 Å². The Morgan fingerprint density at radius 2 is 1.75 bits per heavy atom. The van der Waals surface area contributed by atoms with Gasteiger partial charge >= 0.3 is 18.2 Å². The molecule has 24 heavy (non-hydrogen) atoms. The van der Waals surface area contributed by atoms with E-state index in [9.17, 15) is 19.2 Å². The summed E-state index contributed by atoms with van der Waals surface area (Å²) in [6.45, 7) is 4.57. The van der Waals surface area contributed by atoms with Gasteiger partial charge in [-0.25, -0.2) is 14.4 Å². The molecule has 1 fully saturated rings. The van der Waals surface area contributed by atoms with Crippen molar-refractivity contribution in [3.05, 3.63) is 0 Å². The van der Waals surface area contributed by atoms with Gasteiger partial charge in [0.1, 0.15) is 24.9 Å². The Morgan fingerprint density at radius 3 is 2.25 bits per heavy atom. The summed E-state index contributed by atoms with van der Waals surface area (Å²) < 4.78 is 14.3. The van der Waals surface area contributed by atoms with Gasteiger partial charge < -0.3 is 24.4 Å². The summed E-state index contributed by atoms with van der Waals surface area (Å²) in [6.07, 6.45) is -1.42. The molecule has 3 amide bonds.